The Morgan fingerprint density at radius 1 is 0.550 bits per heavy atom. The van der Waals surface area contributed by atoms with E-state index in [2.05, 4.69) is 97.1 Å². The van der Waals surface area contributed by atoms with Gasteiger partial charge in [0, 0.05) is 52.8 Å². The maximum absolute atomic E-state index is 6.20. The molecule has 0 N–H and O–H groups in total. The van der Waals surface area contributed by atoms with Crippen LogP contribution in [-0.2, 0) is 0 Å². The topological polar surface area (TPSA) is 38.9 Å². The van der Waals surface area contributed by atoms with Crippen molar-refractivity contribution in [1.82, 2.24) is 9.97 Å². The third-order valence-electron chi connectivity index (χ3n) is 7.88. The Bertz CT molecular complexity index is 2450. The molecule has 0 saturated heterocycles. The Balaban J connectivity index is 1.34. The molecule has 3 heterocycles. The molecule has 0 radical (unpaired) electrons. The van der Waals surface area contributed by atoms with Crippen molar-refractivity contribution in [2.75, 3.05) is 0 Å². The number of hydrogen-bond acceptors (Lipinski definition) is 4. The van der Waals surface area contributed by atoms with Crippen LogP contribution in [0.15, 0.2) is 126 Å². The van der Waals surface area contributed by atoms with Crippen LogP contribution in [0, 0.1) is 0 Å². The maximum Gasteiger partial charge on any atom is 0.160 e. The molecule has 9 rings (SSSR count). The SMILES string of the molecule is c1cc(-c2nc(-c3ccc4c(c3)oc3ccccc34)nc3ccccc23)c2c(c1)ccc1c3ccccc3sc12. The van der Waals surface area contributed by atoms with E-state index < -0.39 is 0 Å². The average Bonchev–Trinajstić information content (AvgIpc) is 3.58. The van der Waals surface area contributed by atoms with Crippen LogP contribution in [0.1, 0.15) is 0 Å². The van der Waals surface area contributed by atoms with E-state index in [1.165, 1.54) is 30.9 Å². The predicted octanol–water partition coefficient (Wildman–Crippen LogP) is 10.4. The smallest absolute Gasteiger partial charge is 0.160 e. The van der Waals surface area contributed by atoms with Crippen molar-refractivity contribution in [3.63, 3.8) is 0 Å². The van der Waals surface area contributed by atoms with Gasteiger partial charge in [-0.3, -0.25) is 0 Å². The van der Waals surface area contributed by atoms with Gasteiger partial charge in [-0.2, -0.15) is 0 Å². The quantitative estimate of drug-likeness (QED) is 0.224. The highest BCUT2D eigenvalue weighted by Crippen LogP contribution is 2.43. The zero-order chi connectivity index (χ0) is 26.2. The van der Waals surface area contributed by atoms with Gasteiger partial charge in [-0.25, -0.2) is 9.97 Å². The first-order valence-electron chi connectivity index (χ1n) is 13.3. The van der Waals surface area contributed by atoms with Gasteiger partial charge in [-0.05, 0) is 35.7 Å². The lowest BCUT2D eigenvalue weighted by atomic mass is 9.97. The number of benzene rings is 6. The molecule has 0 unspecified atom stereocenters. The van der Waals surface area contributed by atoms with Crippen molar-refractivity contribution in [2.24, 2.45) is 0 Å². The third-order valence-corrected chi connectivity index (χ3v) is 9.09. The van der Waals surface area contributed by atoms with Crippen LogP contribution < -0.4 is 0 Å². The van der Waals surface area contributed by atoms with Crippen LogP contribution in [0.3, 0.4) is 0 Å². The van der Waals surface area contributed by atoms with Crippen LogP contribution >= 0.6 is 11.3 Å². The number of thiophene rings is 1. The van der Waals surface area contributed by atoms with E-state index in [4.69, 9.17) is 14.4 Å². The van der Waals surface area contributed by atoms with Crippen LogP contribution in [-0.4, -0.2) is 9.97 Å². The van der Waals surface area contributed by atoms with Crippen molar-refractivity contribution < 1.29 is 4.42 Å². The van der Waals surface area contributed by atoms with Gasteiger partial charge in [0.1, 0.15) is 11.2 Å². The fraction of sp³-hybridized carbons (Fsp3) is 0. The van der Waals surface area contributed by atoms with Gasteiger partial charge >= 0.3 is 0 Å². The molecular weight excluding hydrogens is 508 g/mol. The highest BCUT2D eigenvalue weighted by atomic mass is 32.1. The van der Waals surface area contributed by atoms with Gasteiger partial charge in [0.15, 0.2) is 5.82 Å². The summed E-state index contributed by atoms with van der Waals surface area (Å²) in [5, 5.41) is 8.30. The van der Waals surface area contributed by atoms with Gasteiger partial charge in [0.05, 0.1) is 11.2 Å². The van der Waals surface area contributed by atoms with Gasteiger partial charge in [-0.1, -0.05) is 91.0 Å². The van der Waals surface area contributed by atoms with E-state index in [1.807, 2.05) is 35.6 Å². The summed E-state index contributed by atoms with van der Waals surface area (Å²) in [7, 11) is 0. The first kappa shape index (κ1) is 21.8. The van der Waals surface area contributed by atoms with Crippen molar-refractivity contribution in [1.29, 1.82) is 0 Å². The number of fused-ring (bicyclic) bond motifs is 9. The predicted molar refractivity (Wildman–Crippen MR) is 168 cm³/mol. The zero-order valence-corrected chi connectivity index (χ0v) is 22.1. The molecule has 9 aromatic rings. The van der Waals surface area contributed by atoms with E-state index >= 15 is 0 Å². The minimum Gasteiger partial charge on any atom is -0.456 e. The largest absolute Gasteiger partial charge is 0.456 e. The fourth-order valence-corrected chi connectivity index (χ4v) is 7.30. The summed E-state index contributed by atoms with van der Waals surface area (Å²) in [4.78, 5) is 10.3. The first-order chi connectivity index (χ1) is 19.8. The van der Waals surface area contributed by atoms with Crippen LogP contribution in [0.5, 0.6) is 0 Å². The van der Waals surface area contributed by atoms with Crippen LogP contribution in [0.4, 0.5) is 0 Å². The lowest BCUT2D eigenvalue weighted by Crippen LogP contribution is -1.95. The molecular formula is C36H20N2OS. The summed E-state index contributed by atoms with van der Waals surface area (Å²) in [6, 6.07) is 42.4. The molecule has 0 bridgehead atoms. The zero-order valence-electron chi connectivity index (χ0n) is 21.3. The van der Waals surface area contributed by atoms with Crippen molar-refractivity contribution in [2.45, 2.75) is 0 Å². The standard InChI is InChI=1S/C36H20N2OS/c1-4-13-29-27(11-1)34(38-36(37-29)22-17-18-24-23-9-2-5-14-30(23)39-31(24)20-22)28-12-7-8-21-16-19-26-25-10-3-6-15-32(25)40-35(26)33(21)28/h1-20H. The third kappa shape index (κ3) is 3.11. The Hall–Kier alpha value is -5.06. The van der Waals surface area contributed by atoms with Gasteiger partial charge < -0.3 is 4.42 Å². The molecule has 0 atom stereocenters. The maximum atomic E-state index is 6.20. The number of nitrogens with zero attached hydrogens (tertiary/aromatic N) is 2. The molecule has 6 aromatic carbocycles. The molecule has 0 aliphatic heterocycles. The second-order valence-electron chi connectivity index (χ2n) is 10.2. The number of hydrogen-bond donors (Lipinski definition) is 0. The Labute approximate surface area is 233 Å². The summed E-state index contributed by atoms with van der Waals surface area (Å²) in [5.41, 5.74) is 5.66. The fourth-order valence-electron chi connectivity index (χ4n) is 6.03. The molecule has 3 nitrogen and oxygen atoms in total. The molecule has 0 aliphatic carbocycles. The lowest BCUT2D eigenvalue weighted by Gasteiger charge is -2.12. The molecule has 0 saturated carbocycles. The Morgan fingerprint density at radius 3 is 2.27 bits per heavy atom. The van der Waals surface area contributed by atoms with Crippen molar-refractivity contribution in [3.05, 3.63) is 121 Å². The molecule has 0 aliphatic rings. The van der Waals surface area contributed by atoms with Gasteiger partial charge in [-0.15, -0.1) is 11.3 Å². The summed E-state index contributed by atoms with van der Waals surface area (Å²) in [6.07, 6.45) is 0. The van der Waals surface area contributed by atoms with Gasteiger partial charge in [0.25, 0.3) is 0 Å². The second-order valence-corrected chi connectivity index (χ2v) is 11.2. The Morgan fingerprint density at radius 2 is 1.32 bits per heavy atom. The number of furan rings is 1. The molecule has 4 heteroatoms. The number of rotatable bonds is 2. The highest BCUT2D eigenvalue weighted by molar-refractivity contribution is 7.26. The molecule has 186 valence electrons. The minimum absolute atomic E-state index is 0.691. The van der Waals surface area contributed by atoms with Crippen LogP contribution in [0.25, 0.3) is 86.4 Å². The monoisotopic (exact) mass is 528 g/mol. The number of para-hydroxylation sites is 2. The summed E-state index contributed by atoms with van der Waals surface area (Å²) >= 11 is 1.85. The Kier molecular flexibility index (Phi) is 4.48. The van der Waals surface area contributed by atoms with Crippen molar-refractivity contribution in [3.8, 4) is 22.6 Å². The molecule has 0 fully saturated rings. The highest BCUT2D eigenvalue weighted by Gasteiger charge is 2.18. The average molecular weight is 529 g/mol. The van der Waals surface area contributed by atoms with E-state index in [9.17, 15) is 0 Å². The van der Waals surface area contributed by atoms with Gasteiger partial charge in [0.2, 0.25) is 0 Å². The lowest BCUT2D eigenvalue weighted by molar-refractivity contribution is 0.669. The van der Waals surface area contributed by atoms with E-state index in [0.717, 1.165) is 49.7 Å². The van der Waals surface area contributed by atoms with Crippen LogP contribution in [0.2, 0.25) is 0 Å². The van der Waals surface area contributed by atoms with E-state index in [-0.39, 0.29) is 0 Å². The molecule has 0 spiro atoms. The second kappa shape index (κ2) is 8.22. The molecule has 40 heavy (non-hydrogen) atoms. The summed E-state index contributed by atoms with van der Waals surface area (Å²) in [6.45, 7) is 0. The van der Waals surface area contributed by atoms with Crippen molar-refractivity contribution >= 4 is 75.1 Å². The summed E-state index contributed by atoms with van der Waals surface area (Å²) in [5.74, 6) is 0.691. The normalized spacial score (nSPS) is 12.0. The first-order valence-corrected chi connectivity index (χ1v) is 14.2. The molecule has 3 aromatic heterocycles. The minimum atomic E-state index is 0.691. The molecule has 0 amide bonds. The summed E-state index contributed by atoms with van der Waals surface area (Å²) < 4.78 is 8.79. The van der Waals surface area contributed by atoms with E-state index in [1.54, 1.807) is 0 Å². The number of aromatic nitrogens is 2. The van der Waals surface area contributed by atoms with E-state index in [0.29, 0.717) is 5.82 Å².